The van der Waals surface area contributed by atoms with Crippen molar-refractivity contribution in [3.63, 3.8) is 0 Å². The van der Waals surface area contributed by atoms with Crippen molar-refractivity contribution in [2.75, 3.05) is 0 Å². The zero-order chi connectivity index (χ0) is 14.8. The van der Waals surface area contributed by atoms with Crippen LogP contribution in [0.15, 0.2) is 34.9 Å². The summed E-state index contributed by atoms with van der Waals surface area (Å²) in [4.78, 5) is 12.1. The molecular weight excluding hydrogens is 300 g/mol. The van der Waals surface area contributed by atoms with E-state index < -0.39 is 0 Å². The van der Waals surface area contributed by atoms with Gasteiger partial charge in [0.1, 0.15) is 0 Å². The Labute approximate surface area is 127 Å². The van der Waals surface area contributed by atoms with E-state index in [0.29, 0.717) is 0 Å². The second kappa shape index (κ2) is 10.2. The molecule has 0 aliphatic rings. The molecule has 0 aromatic carbocycles. The molecule has 0 saturated heterocycles. The second-order valence-electron chi connectivity index (χ2n) is 5.55. The highest BCUT2D eigenvalue weighted by Crippen LogP contribution is 2.17. The van der Waals surface area contributed by atoms with Crippen LogP contribution in [0.4, 0.5) is 0 Å². The molecule has 0 aromatic rings. The maximum absolute atomic E-state index is 12.1. The van der Waals surface area contributed by atoms with E-state index in [0.717, 1.165) is 28.8 Å². The van der Waals surface area contributed by atoms with Crippen molar-refractivity contribution in [2.24, 2.45) is 11.8 Å². The summed E-state index contributed by atoms with van der Waals surface area (Å²) in [6.45, 7) is 12.0. The third-order valence-electron chi connectivity index (χ3n) is 3.19. The van der Waals surface area contributed by atoms with Crippen LogP contribution in [0.1, 0.15) is 53.4 Å². The first-order chi connectivity index (χ1) is 8.88. The first-order valence-electron chi connectivity index (χ1n) is 7.09. The number of hydrogen-bond acceptors (Lipinski definition) is 1. The molecule has 0 N–H and O–H groups in total. The van der Waals surface area contributed by atoms with Crippen LogP contribution in [-0.4, -0.2) is 5.78 Å². The van der Waals surface area contributed by atoms with Crippen molar-refractivity contribution in [3.05, 3.63) is 34.9 Å². The van der Waals surface area contributed by atoms with Crippen LogP contribution in [0.5, 0.6) is 0 Å². The van der Waals surface area contributed by atoms with Gasteiger partial charge < -0.3 is 0 Å². The van der Waals surface area contributed by atoms with Crippen molar-refractivity contribution in [3.8, 4) is 0 Å². The van der Waals surface area contributed by atoms with Crippen LogP contribution in [-0.2, 0) is 4.79 Å². The number of rotatable bonds is 9. The van der Waals surface area contributed by atoms with Gasteiger partial charge in [-0.3, -0.25) is 4.79 Å². The minimum Gasteiger partial charge on any atom is -0.294 e. The number of allylic oxidation sites excluding steroid dienone is 5. The lowest BCUT2D eigenvalue weighted by Gasteiger charge is -2.11. The van der Waals surface area contributed by atoms with Gasteiger partial charge in [-0.05, 0) is 30.9 Å². The van der Waals surface area contributed by atoms with Crippen LogP contribution in [0.25, 0.3) is 0 Å². The highest BCUT2D eigenvalue weighted by molar-refractivity contribution is 9.11. The van der Waals surface area contributed by atoms with Gasteiger partial charge in [0.05, 0.1) is 0 Å². The summed E-state index contributed by atoms with van der Waals surface area (Å²) in [6.07, 6.45) is 10.0. The van der Waals surface area contributed by atoms with Gasteiger partial charge in [0.2, 0.25) is 0 Å². The fraction of sp³-hybridized carbons (Fsp3) is 0.588. The number of Topliss-reactive ketones (excluding diaryl/α,β-unsaturated/α-hetero) is 1. The Bertz CT molecular complexity index is 350. The Hall–Kier alpha value is -0.630. The third-order valence-corrected chi connectivity index (χ3v) is 3.78. The number of carbonyl (C=O) groups excluding carboxylic acids is 1. The number of carbonyl (C=O) groups is 1. The maximum atomic E-state index is 12.1. The molecule has 1 nitrogen and oxygen atoms in total. The van der Waals surface area contributed by atoms with Crippen LogP contribution < -0.4 is 0 Å². The van der Waals surface area contributed by atoms with Gasteiger partial charge in [-0.15, -0.1) is 0 Å². The van der Waals surface area contributed by atoms with Crippen LogP contribution >= 0.6 is 15.9 Å². The monoisotopic (exact) mass is 326 g/mol. The molecule has 0 aliphatic carbocycles. The van der Waals surface area contributed by atoms with Crippen LogP contribution in [0.2, 0.25) is 0 Å². The normalized spacial score (nSPS) is 14.6. The highest BCUT2D eigenvalue weighted by Gasteiger charge is 2.13. The largest absolute Gasteiger partial charge is 0.294 e. The van der Waals surface area contributed by atoms with E-state index in [9.17, 15) is 4.79 Å². The predicted octanol–water partition coefficient (Wildman–Crippen LogP) is 5.82. The quantitative estimate of drug-likeness (QED) is 0.296. The average molecular weight is 327 g/mol. The molecule has 2 heteroatoms. The molecule has 0 saturated carbocycles. The van der Waals surface area contributed by atoms with Crippen LogP contribution in [0.3, 0.4) is 0 Å². The highest BCUT2D eigenvalue weighted by atomic mass is 79.9. The molecule has 19 heavy (non-hydrogen) atoms. The van der Waals surface area contributed by atoms with E-state index >= 15 is 0 Å². The molecule has 108 valence electrons. The minimum atomic E-state index is 0.124. The molecule has 0 amide bonds. The molecule has 0 radical (unpaired) electrons. The topological polar surface area (TPSA) is 17.1 Å². The molecule has 0 aromatic heterocycles. The summed E-state index contributed by atoms with van der Waals surface area (Å²) in [5, 5.41) is 0. The Morgan fingerprint density at radius 1 is 1.16 bits per heavy atom. The number of unbranched alkanes of at least 4 members (excludes halogenated alkanes) is 1. The van der Waals surface area contributed by atoms with E-state index in [2.05, 4.69) is 36.4 Å². The Balaban J connectivity index is 4.21. The van der Waals surface area contributed by atoms with E-state index in [1.807, 2.05) is 26.0 Å². The molecule has 1 atom stereocenters. The van der Waals surface area contributed by atoms with E-state index in [1.54, 1.807) is 6.08 Å². The predicted molar refractivity (Wildman–Crippen MR) is 88.4 cm³/mol. The average Bonchev–Trinajstić information content (AvgIpc) is 2.38. The lowest BCUT2D eigenvalue weighted by atomic mass is 9.93. The lowest BCUT2D eigenvalue weighted by molar-refractivity contribution is -0.118. The molecule has 0 fully saturated rings. The SMILES string of the molecule is C=CC(Br)=CC=C(C)C(=O)C(C)CCCCC(C)C. The molecule has 1 unspecified atom stereocenters. The first-order valence-corrected chi connectivity index (χ1v) is 7.88. The van der Waals surface area contributed by atoms with Crippen molar-refractivity contribution in [1.82, 2.24) is 0 Å². The first kappa shape index (κ1) is 18.4. The van der Waals surface area contributed by atoms with Gasteiger partial charge >= 0.3 is 0 Å². The smallest absolute Gasteiger partial charge is 0.161 e. The zero-order valence-electron chi connectivity index (χ0n) is 12.7. The molecule has 0 rings (SSSR count). The Morgan fingerprint density at radius 2 is 1.74 bits per heavy atom. The molecule has 0 spiro atoms. The number of halogens is 1. The van der Waals surface area contributed by atoms with Gasteiger partial charge in [0, 0.05) is 10.4 Å². The summed E-state index contributed by atoms with van der Waals surface area (Å²) < 4.78 is 0.893. The number of hydrogen-bond donors (Lipinski definition) is 0. The summed E-state index contributed by atoms with van der Waals surface area (Å²) in [5.41, 5.74) is 0.815. The maximum Gasteiger partial charge on any atom is 0.161 e. The summed E-state index contributed by atoms with van der Waals surface area (Å²) in [7, 11) is 0. The van der Waals surface area contributed by atoms with E-state index in [-0.39, 0.29) is 11.7 Å². The van der Waals surface area contributed by atoms with Crippen molar-refractivity contribution < 1.29 is 4.79 Å². The molecule has 0 heterocycles. The van der Waals surface area contributed by atoms with Gasteiger partial charge in [0.15, 0.2) is 5.78 Å². The zero-order valence-corrected chi connectivity index (χ0v) is 14.3. The van der Waals surface area contributed by atoms with Gasteiger partial charge in [-0.1, -0.05) is 74.7 Å². The third kappa shape index (κ3) is 8.99. The minimum absolute atomic E-state index is 0.124. The fourth-order valence-corrected chi connectivity index (χ4v) is 2.01. The molecule has 0 aliphatic heterocycles. The summed E-state index contributed by atoms with van der Waals surface area (Å²) in [5.74, 6) is 1.14. The fourth-order valence-electron chi connectivity index (χ4n) is 1.88. The van der Waals surface area contributed by atoms with Crippen molar-refractivity contribution in [2.45, 2.75) is 53.4 Å². The Morgan fingerprint density at radius 3 is 2.26 bits per heavy atom. The lowest BCUT2D eigenvalue weighted by Crippen LogP contribution is -2.12. The Kier molecular flexibility index (Phi) is 9.85. The van der Waals surface area contributed by atoms with Crippen LogP contribution in [0, 0.1) is 11.8 Å². The summed E-state index contributed by atoms with van der Waals surface area (Å²) in [6, 6.07) is 0. The number of ketones is 1. The summed E-state index contributed by atoms with van der Waals surface area (Å²) >= 11 is 3.34. The van der Waals surface area contributed by atoms with Crippen molar-refractivity contribution in [1.29, 1.82) is 0 Å². The van der Waals surface area contributed by atoms with Gasteiger partial charge in [-0.2, -0.15) is 0 Å². The van der Waals surface area contributed by atoms with E-state index in [4.69, 9.17) is 0 Å². The van der Waals surface area contributed by atoms with E-state index in [1.165, 1.54) is 12.8 Å². The second-order valence-corrected chi connectivity index (χ2v) is 6.46. The van der Waals surface area contributed by atoms with Crippen molar-refractivity contribution >= 4 is 21.7 Å². The molecular formula is C17H27BrO. The standard InChI is InChI=1S/C17H27BrO/c1-6-16(18)12-11-15(5)17(19)14(4)10-8-7-9-13(2)3/h6,11-14H,1,7-10H2,2-5H3. The van der Waals surface area contributed by atoms with Gasteiger partial charge in [-0.25, -0.2) is 0 Å². The van der Waals surface area contributed by atoms with Gasteiger partial charge in [0.25, 0.3) is 0 Å². The molecule has 0 bridgehead atoms.